The second-order valence-corrected chi connectivity index (χ2v) is 10.4. The highest BCUT2D eigenvalue weighted by Gasteiger charge is 2.36. The molecule has 4 rings (SSSR count). The maximum absolute atomic E-state index is 13.4. The SMILES string of the molecule is CC(C)(C)OC(=O)N1CCC(C(=O)N2CCCC[C@H]2c2nc3ccccc3s2)CC1. The average molecular weight is 430 g/mol. The van der Waals surface area contributed by atoms with Gasteiger partial charge in [0.25, 0.3) is 0 Å². The standard InChI is InChI=1S/C23H31N3O3S/c1-23(2,3)29-22(28)25-14-11-16(12-15-25)21(27)26-13-7-6-9-18(26)20-24-17-8-4-5-10-19(17)30-20/h4-5,8,10,16,18H,6-7,9,11-15H2,1-3H3/t18-/m0/s1. The molecule has 2 fully saturated rings. The zero-order chi connectivity index (χ0) is 21.3. The summed E-state index contributed by atoms with van der Waals surface area (Å²) in [6.45, 7) is 7.57. The lowest BCUT2D eigenvalue weighted by Crippen LogP contribution is -2.47. The highest BCUT2D eigenvalue weighted by Crippen LogP contribution is 2.37. The van der Waals surface area contributed by atoms with Crippen LogP contribution in [0.3, 0.4) is 0 Å². The molecule has 30 heavy (non-hydrogen) atoms. The molecule has 2 aromatic rings. The molecule has 1 aromatic heterocycles. The van der Waals surface area contributed by atoms with Crippen LogP contribution in [0, 0.1) is 5.92 Å². The Morgan fingerprint density at radius 2 is 1.80 bits per heavy atom. The van der Waals surface area contributed by atoms with E-state index in [9.17, 15) is 9.59 Å². The van der Waals surface area contributed by atoms with Crippen molar-refractivity contribution in [2.75, 3.05) is 19.6 Å². The Morgan fingerprint density at radius 1 is 1.07 bits per heavy atom. The number of aromatic nitrogens is 1. The number of amides is 2. The minimum absolute atomic E-state index is 0.0290. The lowest BCUT2D eigenvalue weighted by Gasteiger charge is -2.39. The van der Waals surface area contributed by atoms with Gasteiger partial charge in [-0.3, -0.25) is 4.79 Å². The number of hydrogen-bond acceptors (Lipinski definition) is 5. The molecule has 1 aromatic carbocycles. The van der Waals surface area contributed by atoms with Crippen LogP contribution in [-0.4, -0.2) is 52.0 Å². The Balaban J connectivity index is 1.42. The van der Waals surface area contributed by atoms with Gasteiger partial charge in [-0.15, -0.1) is 11.3 Å². The molecular formula is C23H31N3O3S. The van der Waals surface area contributed by atoms with Gasteiger partial charge in [0.15, 0.2) is 0 Å². The monoisotopic (exact) mass is 429 g/mol. The van der Waals surface area contributed by atoms with E-state index < -0.39 is 5.60 Å². The number of likely N-dealkylation sites (tertiary alicyclic amines) is 2. The van der Waals surface area contributed by atoms with Crippen molar-refractivity contribution in [3.63, 3.8) is 0 Å². The van der Waals surface area contributed by atoms with E-state index in [0.29, 0.717) is 25.9 Å². The first-order valence-corrected chi connectivity index (χ1v) is 11.8. The summed E-state index contributed by atoms with van der Waals surface area (Å²) in [6, 6.07) is 8.25. The largest absolute Gasteiger partial charge is 0.444 e. The normalized spacial score (nSPS) is 21.1. The lowest BCUT2D eigenvalue weighted by molar-refractivity contribution is -0.141. The maximum atomic E-state index is 13.4. The summed E-state index contributed by atoms with van der Waals surface area (Å²) >= 11 is 1.71. The number of thiazole rings is 1. The number of piperidine rings is 2. The minimum atomic E-state index is -0.498. The van der Waals surface area contributed by atoms with Gasteiger partial charge in [-0.05, 0) is 65.0 Å². The third kappa shape index (κ3) is 4.61. The molecule has 0 spiro atoms. The molecule has 1 atom stereocenters. The number of carbonyl (C=O) groups excluding carboxylic acids is 2. The van der Waals surface area contributed by atoms with Gasteiger partial charge in [-0.25, -0.2) is 9.78 Å². The van der Waals surface area contributed by atoms with Crippen LogP contribution >= 0.6 is 11.3 Å². The van der Waals surface area contributed by atoms with Crippen molar-refractivity contribution in [3.8, 4) is 0 Å². The van der Waals surface area contributed by atoms with Crippen molar-refractivity contribution >= 4 is 33.6 Å². The molecule has 162 valence electrons. The van der Waals surface area contributed by atoms with Gasteiger partial charge in [-0.2, -0.15) is 0 Å². The lowest BCUT2D eigenvalue weighted by atomic mass is 9.92. The van der Waals surface area contributed by atoms with Gasteiger partial charge in [0.1, 0.15) is 10.6 Å². The van der Waals surface area contributed by atoms with Crippen molar-refractivity contribution in [1.82, 2.24) is 14.8 Å². The molecule has 0 unspecified atom stereocenters. The smallest absolute Gasteiger partial charge is 0.410 e. The molecule has 0 saturated carbocycles. The molecule has 7 heteroatoms. The van der Waals surface area contributed by atoms with Crippen LogP contribution in [0.15, 0.2) is 24.3 Å². The van der Waals surface area contributed by atoms with Crippen LogP contribution in [0.1, 0.15) is 63.9 Å². The Labute approximate surface area is 182 Å². The first-order valence-electron chi connectivity index (χ1n) is 11.0. The molecule has 3 heterocycles. The van der Waals surface area contributed by atoms with E-state index in [0.717, 1.165) is 36.3 Å². The fourth-order valence-corrected chi connectivity index (χ4v) is 5.47. The molecule has 0 N–H and O–H groups in total. The predicted octanol–water partition coefficient (Wildman–Crippen LogP) is 5.00. The van der Waals surface area contributed by atoms with E-state index in [-0.39, 0.29) is 24.0 Å². The molecule has 0 radical (unpaired) electrons. The minimum Gasteiger partial charge on any atom is -0.444 e. The second kappa shape index (κ2) is 8.53. The van der Waals surface area contributed by atoms with E-state index >= 15 is 0 Å². The van der Waals surface area contributed by atoms with E-state index in [1.165, 1.54) is 4.70 Å². The van der Waals surface area contributed by atoms with Crippen LogP contribution in [0.4, 0.5) is 4.79 Å². The van der Waals surface area contributed by atoms with Crippen LogP contribution in [0.5, 0.6) is 0 Å². The third-order valence-electron chi connectivity index (χ3n) is 5.88. The van der Waals surface area contributed by atoms with Crippen molar-refractivity contribution in [2.45, 2.75) is 64.5 Å². The van der Waals surface area contributed by atoms with Crippen LogP contribution in [-0.2, 0) is 9.53 Å². The van der Waals surface area contributed by atoms with E-state index in [1.807, 2.05) is 39.0 Å². The van der Waals surface area contributed by atoms with Gasteiger partial charge in [-0.1, -0.05) is 12.1 Å². The number of hydrogen-bond donors (Lipinski definition) is 0. The summed E-state index contributed by atoms with van der Waals surface area (Å²) in [4.78, 5) is 34.4. The molecule has 2 aliphatic heterocycles. The summed E-state index contributed by atoms with van der Waals surface area (Å²) < 4.78 is 6.65. The molecule has 2 aliphatic rings. The maximum Gasteiger partial charge on any atom is 0.410 e. The van der Waals surface area contributed by atoms with E-state index in [1.54, 1.807) is 16.2 Å². The number of ether oxygens (including phenoxy) is 1. The Hall–Kier alpha value is -2.15. The Kier molecular flexibility index (Phi) is 6.00. The summed E-state index contributed by atoms with van der Waals surface area (Å²) in [5, 5.41) is 1.05. The summed E-state index contributed by atoms with van der Waals surface area (Å²) in [5.41, 5.74) is 0.517. The van der Waals surface area contributed by atoms with Gasteiger partial charge in [0, 0.05) is 25.6 Å². The summed E-state index contributed by atoms with van der Waals surface area (Å²) in [7, 11) is 0. The number of benzene rings is 1. The van der Waals surface area contributed by atoms with Crippen molar-refractivity contribution in [3.05, 3.63) is 29.3 Å². The number of nitrogens with zero attached hydrogens (tertiary/aromatic N) is 3. The Bertz CT molecular complexity index is 879. The summed E-state index contributed by atoms with van der Waals surface area (Å²) in [5.74, 6) is 0.196. The van der Waals surface area contributed by atoms with Crippen molar-refractivity contribution < 1.29 is 14.3 Å². The molecule has 0 bridgehead atoms. The Morgan fingerprint density at radius 3 is 2.50 bits per heavy atom. The molecule has 0 aliphatic carbocycles. The van der Waals surface area contributed by atoms with Crippen molar-refractivity contribution in [1.29, 1.82) is 0 Å². The number of carbonyl (C=O) groups is 2. The quantitative estimate of drug-likeness (QED) is 0.674. The second-order valence-electron chi connectivity index (χ2n) is 9.30. The fourth-order valence-electron chi connectivity index (χ4n) is 4.35. The topological polar surface area (TPSA) is 62.7 Å². The average Bonchev–Trinajstić information content (AvgIpc) is 3.16. The highest BCUT2D eigenvalue weighted by molar-refractivity contribution is 7.18. The van der Waals surface area contributed by atoms with Crippen LogP contribution < -0.4 is 0 Å². The van der Waals surface area contributed by atoms with E-state index in [2.05, 4.69) is 11.0 Å². The third-order valence-corrected chi connectivity index (χ3v) is 7.01. The van der Waals surface area contributed by atoms with Gasteiger partial charge in [0.2, 0.25) is 5.91 Å². The fraction of sp³-hybridized carbons (Fsp3) is 0.609. The van der Waals surface area contributed by atoms with Gasteiger partial charge >= 0.3 is 6.09 Å². The van der Waals surface area contributed by atoms with Gasteiger partial charge in [0.05, 0.1) is 16.3 Å². The summed E-state index contributed by atoms with van der Waals surface area (Å²) in [6.07, 6.45) is 4.26. The predicted molar refractivity (Wildman–Crippen MR) is 118 cm³/mol. The number of para-hydroxylation sites is 1. The first-order chi connectivity index (χ1) is 14.3. The molecule has 2 saturated heterocycles. The highest BCUT2D eigenvalue weighted by atomic mass is 32.1. The molecular weight excluding hydrogens is 398 g/mol. The van der Waals surface area contributed by atoms with Crippen LogP contribution in [0.2, 0.25) is 0 Å². The molecule has 6 nitrogen and oxygen atoms in total. The first kappa shape index (κ1) is 21.1. The zero-order valence-corrected chi connectivity index (χ0v) is 18.9. The van der Waals surface area contributed by atoms with Crippen LogP contribution in [0.25, 0.3) is 10.2 Å². The number of fused-ring (bicyclic) bond motifs is 1. The zero-order valence-electron chi connectivity index (χ0n) is 18.1. The molecule has 2 amide bonds. The van der Waals surface area contributed by atoms with E-state index in [4.69, 9.17) is 9.72 Å². The van der Waals surface area contributed by atoms with Gasteiger partial charge < -0.3 is 14.5 Å². The van der Waals surface area contributed by atoms with Crippen molar-refractivity contribution in [2.24, 2.45) is 5.92 Å². The number of rotatable bonds is 2.